The van der Waals surface area contributed by atoms with E-state index in [0.29, 0.717) is 23.7 Å². The van der Waals surface area contributed by atoms with Gasteiger partial charge in [-0.2, -0.15) is 0 Å². The highest BCUT2D eigenvalue weighted by molar-refractivity contribution is 5.93. The summed E-state index contributed by atoms with van der Waals surface area (Å²) in [7, 11) is 0. The number of aryl methyl sites for hydroxylation is 1. The van der Waals surface area contributed by atoms with Crippen molar-refractivity contribution in [2.75, 3.05) is 17.7 Å². The van der Waals surface area contributed by atoms with Crippen molar-refractivity contribution in [1.29, 1.82) is 0 Å². The lowest BCUT2D eigenvalue weighted by Crippen LogP contribution is -2.22. The molecule has 27 heavy (non-hydrogen) atoms. The van der Waals surface area contributed by atoms with Gasteiger partial charge >= 0.3 is 0 Å². The van der Waals surface area contributed by atoms with Gasteiger partial charge < -0.3 is 20.9 Å². The van der Waals surface area contributed by atoms with Gasteiger partial charge in [-0.3, -0.25) is 4.79 Å². The number of aliphatic hydroxyl groups excluding tert-OH is 1. The normalized spacial score (nSPS) is 17.5. The number of carbonyl (C=O) groups is 1. The molecule has 1 unspecified atom stereocenters. The van der Waals surface area contributed by atoms with E-state index in [4.69, 9.17) is 10.5 Å². The van der Waals surface area contributed by atoms with Crippen LogP contribution in [0, 0.1) is 5.92 Å². The molecule has 4 N–H and O–H groups in total. The van der Waals surface area contributed by atoms with Crippen LogP contribution in [0.5, 0.6) is 5.75 Å². The first-order chi connectivity index (χ1) is 13.0. The third kappa shape index (κ3) is 5.23. The topological polar surface area (TPSA) is 84.6 Å². The number of hydrogen-bond donors (Lipinski definition) is 3. The smallest absolute Gasteiger partial charge is 0.221 e. The number of nitrogen functional groups attached to an aromatic ring is 1. The lowest BCUT2D eigenvalue weighted by atomic mass is 9.90. The molecular formula is C22H28N2O3. The molecule has 0 aromatic heterocycles. The highest BCUT2D eigenvalue weighted by atomic mass is 16.5. The fourth-order valence-electron chi connectivity index (χ4n) is 3.82. The van der Waals surface area contributed by atoms with Crippen LogP contribution in [0.4, 0.5) is 11.4 Å². The van der Waals surface area contributed by atoms with E-state index in [2.05, 4.69) is 11.4 Å². The largest absolute Gasteiger partial charge is 0.491 e. The monoisotopic (exact) mass is 368 g/mol. The van der Waals surface area contributed by atoms with Gasteiger partial charge in [0.15, 0.2) is 0 Å². The van der Waals surface area contributed by atoms with E-state index in [0.717, 1.165) is 37.0 Å². The minimum Gasteiger partial charge on any atom is -0.491 e. The number of para-hydroxylation sites is 1. The Kier molecular flexibility index (Phi) is 6.35. The molecule has 0 saturated carbocycles. The molecule has 0 spiro atoms. The summed E-state index contributed by atoms with van der Waals surface area (Å²) in [4.78, 5) is 11.4. The third-order valence-corrected chi connectivity index (χ3v) is 5.11. The Morgan fingerprint density at radius 1 is 1.30 bits per heavy atom. The molecule has 2 aromatic rings. The molecule has 2 aromatic carbocycles. The predicted molar refractivity (Wildman–Crippen MR) is 108 cm³/mol. The van der Waals surface area contributed by atoms with Crippen molar-refractivity contribution in [3.8, 4) is 5.75 Å². The Morgan fingerprint density at radius 2 is 2.07 bits per heavy atom. The second-order valence-corrected chi connectivity index (χ2v) is 7.32. The van der Waals surface area contributed by atoms with Gasteiger partial charge in [-0.15, -0.1) is 0 Å². The zero-order valence-electron chi connectivity index (χ0n) is 15.8. The molecule has 5 heteroatoms. The van der Waals surface area contributed by atoms with E-state index in [1.165, 1.54) is 12.5 Å². The highest BCUT2D eigenvalue weighted by Gasteiger charge is 2.23. The van der Waals surface area contributed by atoms with Crippen LogP contribution >= 0.6 is 0 Å². The minimum atomic E-state index is -0.517. The van der Waals surface area contributed by atoms with Crippen molar-refractivity contribution < 1.29 is 14.6 Å². The van der Waals surface area contributed by atoms with Crippen LogP contribution in [0.1, 0.15) is 37.3 Å². The van der Waals surface area contributed by atoms with E-state index in [1.54, 1.807) is 0 Å². The molecule has 1 amide bonds. The summed E-state index contributed by atoms with van der Waals surface area (Å²) in [6.45, 7) is 1.77. The van der Waals surface area contributed by atoms with Crippen LogP contribution in [0.2, 0.25) is 0 Å². The SMILES string of the molecule is CC(=O)Nc1ccc2c(c1N)CC(C[C@H](O)COc1ccccc1)CCC2. The van der Waals surface area contributed by atoms with Crippen molar-refractivity contribution in [3.63, 3.8) is 0 Å². The number of ether oxygens (including phenoxy) is 1. The first kappa shape index (κ1) is 19.2. The number of amides is 1. The molecule has 1 aliphatic rings. The van der Waals surface area contributed by atoms with Crippen molar-refractivity contribution in [3.05, 3.63) is 53.6 Å². The molecule has 0 heterocycles. The van der Waals surface area contributed by atoms with Gasteiger partial charge in [-0.25, -0.2) is 0 Å². The lowest BCUT2D eigenvalue weighted by molar-refractivity contribution is -0.114. The summed E-state index contributed by atoms with van der Waals surface area (Å²) >= 11 is 0. The van der Waals surface area contributed by atoms with Crippen LogP contribution in [0.15, 0.2) is 42.5 Å². The number of fused-ring (bicyclic) bond motifs is 1. The van der Waals surface area contributed by atoms with Crippen LogP contribution < -0.4 is 15.8 Å². The van der Waals surface area contributed by atoms with Gasteiger partial charge in [0.1, 0.15) is 12.4 Å². The molecule has 1 aliphatic carbocycles. The molecule has 0 fully saturated rings. The summed E-state index contributed by atoms with van der Waals surface area (Å²) < 4.78 is 5.67. The Morgan fingerprint density at radius 3 is 2.81 bits per heavy atom. The Labute approximate surface area is 160 Å². The fraction of sp³-hybridized carbons (Fsp3) is 0.409. The minimum absolute atomic E-state index is 0.125. The van der Waals surface area contributed by atoms with E-state index < -0.39 is 6.10 Å². The van der Waals surface area contributed by atoms with Gasteiger partial charge in [0, 0.05) is 6.92 Å². The third-order valence-electron chi connectivity index (χ3n) is 5.11. The standard InChI is InChI=1S/C22H28N2O3/c1-15(25)24-21-11-10-17-7-5-6-16(13-20(17)22(21)23)12-18(26)14-27-19-8-3-2-4-9-19/h2-4,8-11,16,18,26H,5-7,12-14,23H2,1H3,(H,24,25)/t16?,18-/m0/s1. The molecule has 0 aliphatic heterocycles. The molecule has 0 bridgehead atoms. The summed E-state index contributed by atoms with van der Waals surface area (Å²) in [5.41, 5.74) is 10.0. The maximum atomic E-state index is 11.4. The van der Waals surface area contributed by atoms with Crippen molar-refractivity contribution in [2.45, 2.75) is 45.1 Å². The summed E-state index contributed by atoms with van der Waals surface area (Å²) in [5, 5.41) is 13.2. The molecular weight excluding hydrogens is 340 g/mol. The molecule has 2 atom stereocenters. The van der Waals surface area contributed by atoms with E-state index in [-0.39, 0.29) is 12.5 Å². The number of hydrogen-bond acceptors (Lipinski definition) is 4. The number of aliphatic hydroxyl groups is 1. The Bertz CT molecular complexity index is 777. The number of carbonyl (C=O) groups excluding carboxylic acids is 1. The van der Waals surface area contributed by atoms with Gasteiger partial charge in [0.2, 0.25) is 5.91 Å². The summed E-state index contributed by atoms with van der Waals surface area (Å²) in [6, 6.07) is 13.5. The fourth-order valence-corrected chi connectivity index (χ4v) is 3.82. The first-order valence-electron chi connectivity index (χ1n) is 9.56. The van der Waals surface area contributed by atoms with Gasteiger partial charge in [0.05, 0.1) is 17.5 Å². The molecule has 3 rings (SSSR count). The second kappa shape index (κ2) is 8.91. The van der Waals surface area contributed by atoms with Crippen molar-refractivity contribution in [2.24, 2.45) is 5.92 Å². The summed E-state index contributed by atoms with van der Waals surface area (Å²) in [5.74, 6) is 0.989. The number of anilines is 2. The summed E-state index contributed by atoms with van der Waals surface area (Å²) in [6.07, 6.45) is 4.08. The maximum Gasteiger partial charge on any atom is 0.221 e. The predicted octanol–water partition coefficient (Wildman–Crippen LogP) is 3.55. The Balaban J connectivity index is 1.64. The quantitative estimate of drug-likeness (QED) is 0.538. The van der Waals surface area contributed by atoms with Crippen LogP contribution in [-0.4, -0.2) is 23.7 Å². The van der Waals surface area contributed by atoms with Gasteiger partial charge in [0.25, 0.3) is 0 Å². The number of nitrogens with two attached hydrogens (primary N) is 1. The second-order valence-electron chi connectivity index (χ2n) is 7.32. The Hall–Kier alpha value is -2.53. The average Bonchev–Trinajstić information content (AvgIpc) is 2.85. The molecule has 144 valence electrons. The van der Waals surface area contributed by atoms with Gasteiger partial charge in [-0.05, 0) is 67.3 Å². The first-order valence-corrected chi connectivity index (χ1v) is 9.56. The molecule has 5 nitrogen and oxygen atoms in total. The number of benzene rings is 2. The molecule has 0 saturated heterocycles. The van der Waals surface area contributed by atoms with E-state index in [1.807, 2.05) is 36.4 Å². The molecule has 0 radical (unpaired) electrons. The lowest BCUT2D eigenvalue weighted by Gasteiger charge is -2.21. The number of rotatable bonds is 6. The maximum absolute atomic E-state index is 11.4. The van der Waals surface area contributed by atoms with Crippen LogP contribution in [0.25, 0.3) is 0 Å². The zero-order chi connectivity index (χ0) is 19.2. The van der Waals surface area contributed by atoms with Crippen LogP contribution in [-0.2, 0) is 17.6 Å². The van der Waals surface area contributed by atoms with E-state index in [9.17, 15) is 9.90 Å². The van der Waals surface area contributed by atoms with Crippen molar-refractivity contribution >= 4 is 17.3 Å². The number of nitrogens with one attached hydrogen (secondary N) is 1. The highest BCUT2D eigenvalue weighted by Crippen LogP contribution is 2.34. The average molecular weight is 368 g/mol. The zero-order valence-corrected chi connectivity index (χ0v) is 15.8. The van der Waals surface area contributed by atoms with Crippen molar-refractivity contribution in [1.82, 2.24) is 0 Å². The van der Waals surface area contributed by atoms with Gasteiger partial charge in [-0.1, -0.05) is 24.3 Å². The van der Waals surface area contributed by atoms with E-state index >= 15 is 0 Å². The van der Waals surface area contributed by atoms with Crippen LogP contribution in [0.3, 0.4) is 0 Å².